The van der Waals surface area contributed by atoms with Gasteiger partial charge in [-0.25, -0.2) is 0 Å². The van der Waals surface area contributed by atoms with Crippen LogP contribution in [0.15, 0.2) is 24.3 Å². The molecule has 16 heavy (non-hydrogen) atoms. The molecule has 0 saturated heterocycles. The average Bonchev–Trinajstić information content (AvgIpc) is 2.99. The zero-order chi connectivity index (χ0) is 11.4. The normalized spacial score (nSPS) is 17.4. The lowest BCUT2D eigenvalue weighted by Gasteiger charge is -2.08. The van der Waals surface area contributed by atoms with Crippen molar-refractivity contribution in [1.29, 1.82) is 0 Å². The zero-order valence-electron chi connectivity index (χ0n) is 9.78. The number of aryl methyl sites for hydroxylation is 1. The number of hydrogen-bond acceptors (Lipinski definition) is 2. The Hall–Kier alpha value is -0.860. The van der Waals surface area contributed by atoms with Crippen molar-refractivity contribution in [3.8, 4) is 0 Å². The molecule has 1 aliphatic carbocycles. The van der Waals surface area contributed by atoms with E-state index in [0.29, 0.717) is 0 Å². The van der Waals surface area contributed by atoms with Gasteiger partial charge in [0, 0.05) is 6.42 Å². The predicted octanol–water partition coefficient (Wildman–Crippen LogP) is 2.04. The molecule has 0 heterocycles. The van der Waals surface area contributed by atoms with Gasteiger partial charge < -0.3 is 10.8 Å². The Morgan fingerprint density at radius 2 is 1.69 bits per heavy atom. The minimum atomic E-state index is -0.374. The summed E-state index contributed by atoms with van der Waals surface area (Å²) < 4.78 is 0. The second kappa shape index (κ2) is 4.98. The molecule has 2 nitrogen and oxygen atoms in total. The third kappa shape index (κ3) is 3.32. The van der Waals surface area contributed by atoms with E-state index in [2.05, 4.69) is 24.3 Å². The van der Waals surface area contributed by atoms with E-state index >= 15 is 0 Å². The molecular formula is C14H21NO. The monoisotopic (exact) mass is 219 g/mol. The van der Waals surface area contributed by atoms with Crippen LogP contribution in [0.5, 0.6) is 0 Å². The first kappa shape index (κ1) is 11.6. The lowest BCUT2D eigenvalue weighted by atomic mass is 10.0. The molecule has 0 aromatic heterocycles. The SMILES string of the molecule is NCCCCc1ccc(CC2(O)CC2)cc1. The van der Waals surface area contributed by atoms with Crippen molar-refractivity contribution in [2.45, 2.75) is 44.1 Å². The summed E-state index contributed by atoms with van der Waals surface area (Å²) in [5, 5.41) is 9.81. The van der Waals surface area contributed by atoms with E-state index in [1.165, 1.54) is 17.5 Å². The van der Waals surface area contributed by atoms with E-state index in [1.54, 1.807) is 0 Å². The Balaban J connectivity index is 1.84. The first-order chi connectivity index (χ1) is 7.72. The van der Waals surface area contributed by atoms with Gasteiger partial charge in [0.2, 0.25) is 0 Å². The van der Waals surface area contributed by atoms with Crippen molar-refractivity contribution in [1.82, 2.24) is 0 Å². The van der Waals surface area contributed by atoms with Crippen molar-refractivity contribution in [3.63, 3.8) is 0 Å². The standard InChI is InChI=1S/C14H21NO/c15-10-2-1-3-12-4-6-13(7-5-12)11-14(16)8-9-14/h4-7,16H,1-3,8-11,15H2. The molecule has 0 bridgehead atoms. The van der Waals surface area contributed by atoms with Gasteiger partial charge in [0.15, 0.2) is 0 Å². The third-order valence-electron chi connectivity index (χ3n) is 3.30. The van der Waals surface area contributed by atoms with E-state index in [9.17, 15) is 5.11 Å². The van der Waals surface area contributed by atoms with Gasteiger partial charge in [0.25, 0.3) is 0 Å². The zero-order valence-corrected chi connectivity index (χ0v) is 9.78. The quantitative estimate of drug-likeness (QED) is 0.719. The number of nitrogens with two attached hydrogens (primary N) is 1. The van der Waals surface area contributed by atoms with Gasteiger partial charge in [-0.15, -0.1) is 0 Å². The molecular weight excluding hydrogens is 198 g/mol. The van der Waals surface area contributed by atoms with Gasteiger partial charge in [-0.3, -0.25) is 0 Å². The molecule has 0 spiro atoms. The molecule has 1 aromatic rings. The summed E-state index contributed by atoms with van der Waals surface area (Å²) in [6.45, 7) is 0.783. The first-order valence-corrected chi connectivity index (χ1v) is 6.22. The summed E-state index contributed by atoms with van der Waals surface area (Å²) in [5.41, 5.74) is 7.72. The van der Waals surface area contributed by atoms with Crippen LogP contribution in [0.3, 0.4) is 0 Å². The molecule has 1 saturated carbocycles. The Labute approximate surface area is 97.5 Å². The molecule has 1 fully saturated rings. The summed E-state index contributed by atoms with van der Waals surface area (Å²) >= 11 is 0. The molecule has 1 aromatic carbocycles. The summed E-state index contributed by atoms with van der Waals surface area (Å²) in [6, 6.07) is 8.65. The highest BCUT2D eigenvalue weighted by Gasteiger charge is 2.39. The molecule has 0 radical (unpaired) electrons. The predicted molar refractivity (Wildman–Crippen MR) is 66.3 cm³/mol. The minimum absolute atomic E-state index is 0.374. The van der Waals surface area contributed by atoms with Crippen LogP contribution in [0.1, 0.15) is 36.8 Å². The first-order valence-electron chi connectivity index (χ1n) is 6.22. The fraction of sp³-hybridized carbons (Fsp3) is 0.571. The number of rotatable bonds is 6. The van der Waals surface area contributed by atoms with Gasteiger partial charge in [-0.05, 0) is 49.8 Å². The van der Waals surface area contributed by atoms with Crippen LogP contribution in [0.25, 0.3) is 0 Å². The van der Waals surface area contributed by atoms with Gasteiger partial charge in [0.05, 0.1) is 5.60 Å². The highest BCUT2D eigenvalue weighted by molar-refractivity contribution is 5.25. The van der Waals surface area contributed by atoms with Gasteiger partial charge >= 0.3 is 0 Å². The maximum Gasteiger partial charge on any atom is 0.0690 e. The summed E-state index contributed by atoms with van der Waals surface area (Å²) in [7, 11) is 0. The highest BCUT2D eigenvalue weighted by Crippen LogP contribution is 2.38. The Bertz CT molecular complexity index is 327. The lowest BCUT2D eigenvalue weighted by Crippen LogP contribution is -2.10. The molecule has 0 unspecified atom stereocenters. The van der Waals surface area contributed by atoms with Gasteiger partial charge in [-0.1, -0.05) is 24.3 Å². The summed E-state index contributed by atoms with van der Waals surface area (Å²) in [4.78, 5) is 0. The molecule has 88 valence electrons. The van der Waals surface area contributed by atoms with E-state index < -0.39 is 0 Å². The van der Waals surface area contributed by atoms with Gasteiger partial charge in [0.1, 0.15) is 0 Å². The van der Waals surface area contributed by atoms with Crippen LogP contribution >= 0.6 is 0 Å². The number of benzene rings is 1. The minimum Gasteiger partial charge on any atom is -0.390 e. The van der Waals surface area contributed by atoms with Crippen LogP contribution in [-0.4, -0.2) is 17.3 Å². The smallest absolute Gasteiger partial charge is 0.0690 e. The van der Waals surface area contributed by atoms with E-state index in [0.717, 1.165) is 38.6 Å². The maximum absolute atomic E-state index is 9.81. The lowest BCUT2D eigenvalue weighted by molar-refractivity contribution is 0.151. The van der Waals surface area contributed by atoms with Crippen LogP contribution in [0.4, 0.5) is 0 Å². The van der Waals surface area contributed by atoms with Crippen molar-refractivity contribution in [2.75, 3.05) is 6.54 Å². The summed E-state index contributed by atoms with van der Waals surface area (Å²) in [5.74, 6) is 0. The Morgan fingerprint density at radius 3 is 2.25 bits per heavy atom. The average molecular weight is 219 g/mol. The van der Waals surface area contributed by atoms with Crippen LogP contribution in [0.2, 0.25) is 0 Å². The molecule has 0 amide bonds. The Kier molecular flexibility index (Phi) is 3.62. The fourth-order valence-corrected chi connectivity index (χ4v) is 2.00. The maximum atomic E-state index is 9.81. The number of unbranched alkanes of at least 4 members (excludes halogenated alkanes) is 1. The largest absolute Gasteiger partial charge is 0.390 e. The molecule has 0 atom stereocenters. The third-order valence-corrected chi connectivity index (χ3v) is 3.30. The molecule has 2 rings (SSSR count). The van der Waals surface area contributed by atoms with Crippen LogP contribution < -0.4 is 5.73 Å². The number of aliphatic hydroxyl groups is 1. The molecule has 1 aliphatic rings. The van der Waals surface area contributed by atoms with Crippen molar-refractivity contribution < 1.29 is 5.11 Å². The second-order valence-corrected chi connectivity index (χ2v) is 4.96. The van der Waals surface area contributed by atoms with Gasteiger partial charge in [-0.2, -0.15) is 0 Å². The van der Waals surface area contributed by atoms with Crippen molar-refractivity contribution >= 4 is 0 Å². The molecule has 3 N–H and O–H groups in total. The second-order valence-electron chi connectivity index (χ2n) is 4.96. The van der Waals surface area contributed by atoms with Crippen molar-refractivity contribution in [3.05, 3.63) is 35.4 Å². The Morgan fingerprint density at radius 1 is 1.06 bits per heavy atom. The number of hydrogen-bond donors (Lipinski definition) is 2. The topological polar surface area (TPSA) is 46.2 Å². The molecule has 0 aliphatic heterocycles. The van der Waals surface area contributed by atoms with Crippen LogP contribution in [0, 0.1) is 0 Å². The van der Waals surface area contributed by atoms with Crippen LogP contribution in [-0.2, 0) is 12.8 Å². The van der Waals surface area contributed by atoms with E-state index in [1.807, 2.05) is 0 Å². The van der Waals surface area contributed by atoms with E-state index in [-0.39, 0.29) is 5.60 Å². The van der Waals surface area contributed by atoms with Crippen molar-refractivity contribution in [2.24, 2.45) is 5.73 Å². The van der Waals surface area contributed by atoms with E-state index in [4.69, 9.17) is 5.73 Å². The highest BCUT2D eigenvalue weighted by atomic mass is 16.3. The fourth-order valence-electron chi connectivity index (χ4n) is 2.00. The summed E-state index contributed by atoms with van der Waals surface area (Å²) in [6.07, 6.45) is 6.12. The molecule has 2 heteroatoms.